The zero-order chi connectivity index (χ0) is 28.2. The molecule has 0 aliphatic rings. The Morgan fingerprint density at radius 1 is 0.927 bits per heavy atom. The standard InChI is InChI=1S/C32H28N6O2S/c1-3-37-28-12-8-7-11-26(28)27-19-22(13-18-29(27)37)20-33-34-30(39)21-41-32-36-35-31(23-14-16-25(40-2)17-15-23)38(32)24-9-5-4-6-10-24/h4-20H,3,21H2,1-2H3,(H,34,39)/b33-20+. The molecule has 0 fully saturated rings. The van der Waals surface area contributed by atoms with Crippen molar-refractivity contribution in [2.75, 3.05) is 12.9 Å². The number of ether oxygens (including phenoxy) is 1. The third-order valence-corrected chi connectivity index (χ3v) is 7.77. The fraction of sp³-hybridized carbons (Fsp3) is 0.125. The molecule has 9 heteroatoms. The van der Waals surface area contributed by atoms with E-state index in [0.29, 0.717) is 11.0 Å². The summed E-state index contributed by atoms with van der Waals surface area (Å²) in [6, 6.07) is 32.1. The third-order valence-electron chi connectivity index (χ3n) is 6.84. The first-order valence-corrected chi connectivity index (χ1v) is 14.3. The molecule has 0 atom stereocenters. The maximum absolute atomic E-state index is 12.7. The molecule has 204 valence electrons. The van der Waals surface area contributed by atoms with Crippen LogP contribution in [0, 0.1) is 0 Å². The summed E-state index contributed by atoms with van der Waals surface area (Å²) in [6.07, 6.45) is 1.67. The lowest BCUT2D eigenvalue weighted by atomic mass is 10.1. The predicted molar refractivity (Wildman–Crippen MR) is 165 cm³/mol. The molecule has 0 aliphatic heterocycles. The second-order valence-electron chi connectivity index (χ2n) is 9.33. The molecular formula is C32H28N6O2S. The number of carbonyl (C=O) groups is 1. The quantitative estimate of drug-likeness (QED) is 0.127. The Labute approximate surface area is 241 Å². The lowest BCUT2D eigenvalue weighted by Crippen LogP contribution is -2.20. The number of methoxy groups -OCH3 is 1. The van der Waals surface area contributed by atoms with Crippen molar-refractivity contribution < 1.29 is 9.53 Å². The van der Waals surface area contributed by atoms with Crippen LogP contribution in [0.2, 0.25) is 0 Å². The number of rotatable bonds is 9. The maximum Gasteiger partial charge on any atom is 0.250 e. The van der Waals surface area contributed by atoms with Crippen molar-refractivity contribution >= 4 is 45.7 Å². The highest BCUT2D eigenvalue weighted by Crippen LogP contribution is 2.30. The van der Waals surface area contributed by atoms with E-state index in [2.05, 4.69) is 68.6 Å². The minimum absolute atomic E-state index is 0.133. The number of fused-ring (bicyclic) bond motifs is 3. The summed E-state index contributed by atoms with van der Waals surface area (Å²) >= 11 is 1.30. The van der Waals surface area contributed by atoms with E-state index >= 15 is 0 Å². The fourth-order valence-electron chi connectivity index (χ4n) is 4.93. The largest absolute Gasteiger partial charge is 0.497 e. The Balaban J connectivity index is 1.17. The zero-order valence-corrected chi connectivity index (χ0v) is 23.5. The molecule has 2 aromatic heterocycles. The average Bonchev–Trinajstić information content (AvgIpc) is 3.59. The Morgan fingerprint density at radius 3 is 2.46 bits per heavy atom. The SMILES string of the molecule is CCn1c2ccccc2c2cc(/C=N/NC(=O)CSc3nnc(-c4ccc(OC)cc4)n3-c3ccccc3)ccc21. The van der Waals surface area contributed by atoms with Gasteiger partial charge in [-0.2, -0.15) is 5.10 Å². The van der Waals surface area contributed by atoms with Crippen LogP contribution in [-0.2, 0) is 11.3 Å². The van der Waals surface area contributed by atoms with Crippen LogP contribution in [0.3, 0.4) is 0 Å². The Bertz CT molecular complexity index is 1860. The highest BCUT2D eigenvalue weighted by molar-refractivity contribution is 7.99. The number of thioether (sulfide) groups is 1. The number of hydrogen-bond acceptors (Lipinski definition) is 6. The van der Waals surface area contributed by atoms with Gasteiger partial charge in [-0.1, -0.05) is 54.2 Å². The topological polar surface area (TPSA) is 86.3 Å². The molecule has 0 saturated carbocycles. The van der Waals surface area contributed by atoms with E-state index in [1.54, 1.807) is 13.3 Å². The Morgan fingerprint density at radius 2 is 1.68 bits per heavy atom. The van der Waals surface area contributed by atoms with E-state index in [1.165, 1.54) is 33.6 Å². The summed E-state index contributed by atoms with van der Waals surface area (Å²) in [5.74, 6) is 1.34. The van der Waals surface area contributed by atoms with Crippen molar-refractivity contribution in [3.8, 4) is 22.8 Å². The molecule has 0 spiro atoms. The van der Waals surface area contributed by atoms with Gasteiger partial charge in [-0.15, -0.1) is 10.2 Å². The van der Waals surface area contributed by atoms with Gasteiger partial charge in [-0.3, -0.25) is 9.36 Å². The van der Waals surface area contributed by atoms with Gasteiger partial charge in [0.1, 0.15) is 5.75 Å². The smallest absolute Gasteiger partial charge is 0.250 e. The van der Waals surface area contributed by atoms with E-state index in [9.17, 15) is 4.79 Å². The van der Waals surface area contributed by atoms with Crippen molar-refractivity contribution in [1.82, 2.24) is 24.8 Å². The third kappa shape index (κ3) is 5.31. The number of hydrogen-bond donors (Lipinski definition) is 1. The van der Waals surface area contributed by atoms with Crippen molar-refractivity contribution in [2.45, 2.75) is 18.6 Å². The van der Waals surface area contributed by atoms with Gasteiger partial charge in [0, 0.05) is 39.6 Å². The molecule has 1 N–H and O–H groups in total. The van der Waals surface area contributed by atoms with Crippen LogP contribution in [0.5, 0.6) is 5.75 Å². The number of benzene rings is 4. The number of nitrogens with one attached hydrogen (secondary N) is 1. The fourth-order valence-corrected chi connectivity index (χ4v) is 5.68. The first kappa shape index (κ1) is 26.3. The lowest BCUT2D eigenvalue weighted by Gasteiger charge is -2.10. The molecule has 0 saturated heterocycles. The number of para-hydroxylation sites is 2. The molecule has 2 heterocycles. The van der Waals surface area contributed by atoms with Crippen LogP contribution in [0.1, 0.15) is 12.5 Å². The van der Waals surface area contributed by atoms with Crippen LogP contribution in [0.15, 0.2) is 107 Å². The molecule has 8 nitrogen and oxygen atoms in total. The average molecular weight is 561 g/mol. The van der Waals surface area contributed by atoms with Gasteiger partial charge >= 0.3 is 0 Å². The molecule has 41 heavy (non-hydrogen) atoms. The van der Waals surface area contributed by atoms with Crippen molar-refractivity contribution in [1.29, 1.82) is 0 Å². The summed E-state index contributed by atoms with van der Waals surface area (Å²) in [5, 5.41) is 16.0. The van der Waals surface area contributed by atoms with Crippen LogP contribution in [-0.4, -0.2) is 44.3 Å². The summed E-state index contributed by atoms with van der Waals surface area (Å²) in [7, 11) is 1.63. The first-order chi connectivity index (χ1) is 20.2. The minimum atomic E-state index is -0.233. The van der Waals surface area contributed by atoms with Gasteiger partial charge in [0.25, 0.3) is 5.91 Å². The number of aromatic nitrogens is 4. The number of aryl methyl sites for hydroxylation is 1. The second-order valence-corrected chi connectivity index (χ2v) is 10.3. The van der Waals surface area contributed by atoms with Crippen molar-refractivity contribution in [3.63, 3.8) is 0 Å². The van der Waals surface area contributed by atoms with Gasteiger partial charge in [-0.25, -0.2) is 5.43 Å². The normalized spacial score (nSPS) is 11.5. The summed E-state index contributed by atoms with van der Waals surface area (Å²) < 4.78 is 9.54. The van der Waals surface area contributed by atoms with Gasteiger partial charge in [0.2, 0.25) is 0 Å². The van der Waals surface area contributed by atoms with Crippen LogP contribution >= 0.6 is 11.8 Å². The van der Waals surface area contributed by atoms with E-state index in [4.69, 9.17) is 4.74 Å². The van der Waals surface area contributed by atoms with Crippen LogP contribution in [0.4, 0.5) is 0 Å². The van der Waals surface area contributed by atoms with Crippen LogP contribution in [0.25, 0.3) is 38.9 Å². The molecule has 4 aromatic carbocycles. The number of carbonyl (C=O) groups excluding carboxylic acids is 1. The van der Waals surface area contributed by atoms with Gasteiger partial charge in [0.05, 0.1) is 19.1 Å². The predicted octanol–water partition coefficient (Wildman–Crippen LogP) is 6.31. The van der Waals surface area contributed by atoms with E-state index in [0.717, 1.165) is 29.1 Å². The Kier molecular flexibility index (Phi) is 7.51. The lowest BCUT2D eigenvalue weighted by molar-refractivity contribution is -0.118. The molecular weight excluding hydrogens is 532 g/mol. The monoisotopic (exact) mass is 560 g/mol. The minimum Gasteiger partial charge on any atom is -0.497 e. The highest BCUT2D eigenvalue weighted by Gasteiger charge is 2.17. The van der Waals surface area contributed by atoms with Crippen molar-refractivity contribution in [2.24, 2.45) is 5.10 Å². The molecule has 6 rings (SSSR count). The summed E-state index contributed by atoms with van der Waals surface area (Å²) in [5.41, 5.74) is 7.75. The van der Waals surface area contributed by atoms with Gasteiger partial charge < -0.3 is 9.30 Å². The number of hydrazone groups is 1. The summed E-state index contributed by atoms with van der Waals surface area (Å²) in [6.45, 7) is 3.04. The van der Waals surface area contributed by atoms with E-state index in [1.807, 2.05) is 65.2 Å². The van der Waals surface area contributed by atoms with Crippen LogP contribution < -0.4 is 10.2 Å². The summed E-state index contributed by atoms with van der Waals surface area (Å²) in [4.78, 5) is 12.7. The molecule has 0 radical (unpaired) electrons. The molecule has 6 aromatic rings. The molecule has 0 unspecified atom stereocenters. The number of amides is 1. The number of nitrogens with zero attached hydrogens (tertiary/aromatic N) is 5. The zero-order valence-electron chi connectivity index (χ0n) is 22.7. The van der Waals surface area contributed by atoms with E-state index < -0.39 is 0 Å². The van der Waals surface area contributed by atoms with E-state index in [-0.39, 0.29) is 11.7 Å². The van der Waals surface area contributed by atoms with Gasteiger partial charge in [0.15, 0.2) is 11.0 Å². The first-order valence-electron chi connectivity index (χ1n) is 13.3. The second kappa shape index (κ2) is 11.7. The molecule has 0 bridgehead atoms. The highest BCUT2D eigenvalue weighted by atomic mass is 32.2. The molecule has 0 aliphatic carbocycles. The van der Waals surface area contributed by atoms with Crippen molar-refractivity contribution in [3.05, 3.63) is 103 Å². The van der Waals surface area contributed by atoms with Gasteiger partial charge in [-0.05, 0) is 67.1 Å². The maximum atomic E-state index is 12.7. The Hall–Kier alpha value is -4.89. The molecule has 1 amide bonds.